The second-order valence-electron chi connectivity index (χ2n) is 7.36. The van der Waals surface area contributed by atoms with Crippen molar-refractivity contribution in [2.24, 2.45) is 0 Å². The molecule has 9 nitrogen and oxygen atoms in total. The van der Waals surface area contributed by atoms with Crippen molar-refractivity contribution in [3.05, 3.63) is 65.6 Å². The molecule has 1 aromatic heterocycles. The lowest BCUT2D eigenvalue weighted by Gasteiger charge is -2.21. The third-order valence-corrected chi connectivity index (χ3v) is 5.33. The summed E-state index contributed by atoms with van der Waals surface area (Å²) in [6, 6.07) is 10.9. The van der Waals surface area contributed by atoms with Crippen molar-refractivity contribution in [2.75, 3.05) is 28.2 Å². The van der Waals surface area contributed by atoms with Crippen molar-refractivity contribution >= 4 is 52.7 Å². The zero-order valence-electron chi connectivity index (χ0n) is 19.0. The molecule has 3 N–H and O–H groups in total. The summed E-state index contributed by atoms with van der Waals surface area (Å²) in [7, 11) is 1.90. The molecule has 0 atom stereocenters. The molecule has 0 aliphatic rings. The van der Waals surface area contributed by atoms with Crippen molar-refractivity contribution in [1.29, 1.82) is 0 Å². The Balaban J connectivity index is 2.00. The van der Waals surface area contributed by atoms with Gasteiger partial charge in [0.2, 0.25) is 5.95 Å². The number of carboxylic acid groups (broad SMARTS) is 1. The first kappa shape index (κ1) is 24.8. The van der Waals surface area contributed by atoms with Crippen molar-refractivity contribution in [3.8, 4) is 0 Å². The second kappa shape index (κ2) is 10.8. The molecular formula is C23H24FN5O4S. The van der Waals surface area contributed by atoms with Gasteiger partial charge in [-0.15, -0.1) is 0 Å². The summed E-state index contributed by atoms with van der Waals surface area (Å²) in [5.41, 5.74) is 1.42. The number of carboxylic acids is 1. The fraction of sp³-hybridized carbons (Fsp3) is 0.217. The Bertz CT molecular complexity index is 1210. The molecule has 3 rings (SSSR count). The van der Waals surface area contributed by atoms with Crippen LogP contribution in [0.25, 0.3) is 0 Å². The van der Waals surface area contributed by atoms with Crippen LogP contribution in [0.5, 0.6) is 0 Å². The molecule has 2 aromatic carbocycles. The maximum Gasteiger partial charge on any atom is 0.343 e. The minimum Gasteiger partial charge on any atom is -0.478 e. The van der Waals surface area contributed by atoms with E-state index < -0.39 is 17.8 Å². The number of benzene rings is 2. The van der Waals surface area contributed by atoms with E-state index in [2.05, 4.69) is 20.6 Å². The summed E-state index contributed by atoms with van der Waals surface area (Å²) in [6.07, 6.45) is 2.86. The number of aromatic nitrogens is 2. The van der Waals surface area contributed by atoms with Gasteiger partial charge in [0.05, 0.1) is 28.7 Å². The van der Waals surface area contributed by atoms with Crippen molar-refractivity contribution < 1.29 is 23.8 Å². The topological polar surface area (TPSA) is 117 Å². The van der Waals surface area contributed by atoms with Gasteiger partial charge in [-0.25, -0.2) is 19.0 Å². The molecule has 1 heterocycles. The fourth-order valence-corrected chi connectivity index (χ4v) is 3.27. The van der Waals surface area contributed by atoms with Crippen LogP contribution in [0.15, 0.2) is 48.7 Å². The van der Waals surface area contributed by atoms with Crippen LogP contribution in [0.1, 0.15) is 34.6 Å². The smallest absolute Gasteiger partial charge is 0.343 e. The first-order valence-electron chi connectivity index (χ1n) is 10.2. The van der Waals surface area contributed by atoms with Gasteiger partial charge in [0.25, 0.3) is 0 Å². The largest absolute Gasteiger partial charge is 0.478 e. The molecule has 0 aliphatic heterocycles. The highest BCUT2D eigenvalue weighted by atomic mass is 32.2. The Morgan fingerprint density at radius 1 is 1.15 bits per heavy atom. The number of rotatable bonds is 9. The van der Waals surface area contributed by atoms with Crippen LogP contribution in [-0.4, -0.2) is 46.4 Å². The summed E-state index contributed by atoms with van der Waals surface area (Å²) >= 11 is 1.50. The molecule has 0 unspecified atom stereocenters. The predicted molar refractivity (Wildman–Crippen MR) is 131 cm³/mol. The van der Waals surface area contributed by atoms with Crippen LogP contribution in [0.3, 0.4) is 0 Å². The van der Waals surface area contributed by atoms with Gasteiger partial charge in [-0.1, -0.05) is 24.1 Å². The molecular weight excluding hydrogens is 461 g/mol. The number of carbonyl (C=O) groups is 2. The molecule has 3 aromatic rings. The van der Waals surface area contributed by atoms with Crippen LogP contribution in [0.4, 0.5) is 33.2 Å². The Kier molecular flexibility index (Phi) is 7.90. The number of nitrogens with one attached hydrogen (secondary N) is 2. The van der Waals surface area contributed by atoms with E-state index in [1.165, 1.54) is 30.3 Å². The van der Waals surface area contributed by atoms with Crippen LogP contribution in [-0.2, 0) is 4.74 Å². The maximum atomic E-state index is 14.4. The van der Waals surface area contributed by atoms with Gasteiger partial charge in [0.15, 0.2) is 5.82 Å². The van der Waals surface area contributed by atoms with Gasteiger partial charge in [-0.3, -0.25) is 0 Å². The highest BCUT2D eigenvalue weighted by Crippen LogP contribution is 2.32. The average Bonchev–Trinajstić information content (AvgIpc) is 2.79. The van der Waals surface area contributed by atoms with Crippen LogP contribution >= 0.6 is 11.9 Å². The molecule has 0 fully saturated rings. The maximum absolute atomic E-state index is 14.4. The van der Waals surface area contributed by atoms with Gasteiger partial charge in [0, 0.05) is 19.5 Å². The Morgan fingerprint density at radius 2 is 1.88 bits per heavy atom. The van der Waals surface area contributed by atoms with Gasteiger partial charge in [-0.05, 0) is 44.2 Å². The molecule has 34 heavy (non-hydrogen) atoms. The number of ether oxygens (including phenoxy) is 1. The van der Waals surface area contributed by atoms with E-state index in [9.17, 15) is 14.0 Å². The third-order valence-electron chi connectivity index (χ3n) is 4.58. The minimum atomic E-state index is -1.24. The van der Waals surface area contributed by atoms with Gasteiger partial charge < -0.3 is 24.8 Å². The number of aromatic carboxylic acids is 1. The standard InChI is InChI=1S/C23H24FN5O4S/c1-13(2)33-22(32)15-12-25-23(27-17-10-9-14(21(30)31)11-16(17)24)28-20(15)26-18-7-5-6-8-19(18)29(3)34-4/h5-13H,1-4H3,(H,30,31)(H2,25,26,27,28). The molecule has 0 radical (unpaired) electrons. The fourth-order valence-electron chi connectivity index (χ4n) is 2.91. The lowest BCUT2D eigenvalue weighted by molar-refractivity contribution is 0.0378. The minimum absolute atomic E-state index is 0.00118. The SMILES string of the molecule is CSN(C)c1ccccc1Nc1nc(Nc2ccc(C(=O)O)cc2F)ncc1C(=O)OC(C)C. The first-order valence-corrected chi connectivity index (χ1v) is 11.4. The van der Waals surface area contributed by atoms with Crippen molar-refractivity contribution in [1.82, 2.24) is 9.97 Å². The van der Waals surface area contributed by atoms with E-state index in [0.717, 1.165) is 11.8 Å². The van der Waals surface area contributed by atoms with Crippen LogP contribution < -0.4 is 14.9 Å². The monoisotopic (exact) mass is 485 g/mol. The molecule has 0 saturated carbocycles. The van der Waals surface area contributed by atoms with E-state index >= 15 is 0 Å². The number of halogens is 1. The summed E-state index contributed by atoms with van der Waals surface area (Å²) in [6.45, 7) is 3.46. The number of carbonyl (C=O) groups excluding carboxylic acids is 1. The van der Waals surface area contributed by atoms with Crippen molar-refractivity contribution in [2.45, 2.75) is 20.0 Å². The van der Waals surface area contributed by atoms with E-state index in [1.54, 1.807) is 13.8 Å². The molecule has 0 saturated heterocycles. The van der Waals surface area contributed by atoms with Gasteiger partial charge in [0.1, 0.15) is 11.4 Å². The lowest BCUT2D eigenvalue weighted by Crippen LogP contribution is -2.16. The normalized spacial score (nSPS) is 10.6. The van der Waals surface area contributed by atoms with E-state index in [-0.39, 0.29) is 34.7 Å². The number of nitrogens with zero attached hydrogens (tertiary/aromatic N) is 3. The number of hydrogen-bond donors (Lipinski definition) is 3. The Labute approximate surface area is 200 Å². The third kappa shape index (κ3) is 5.93. The number of esters is 1. The second-order valence-corrected chi connectivity index (χ2v) is 8.27. The zero-order valence-corrected chi connectivity index (χ0v) is 19.8. The summed E-state index contributed by atoms with van der Waals surface area (Å²) in [4.78, 5) is 32.2. The highest BCUT2D eigenvalue weighted by Gasteiger charge is 2.20. The van der Waals surface area contributed by atoms with Crippen LogP contribution in [0, 0.1) is 5.82 Å². The molecule has 11 heteroatoms. The number of para-hydroxylation sites is 2. The summed E-state index contributed by atoms with van der Waals surface area (Å²) in [5.74, 6) is -2.48. The average molecular weight is 486 g/mol. The zero-order chi connectivity index (χ0) is 24.8. The Hall–Kier alpha value is -3.86. The lowest BCUT2D eigenvalue weighted by atomic mass is 10.2. The van der Waals surface area contributed by atoms with E-state index in [0.29, 0.717) is 5.69 Å². The quantitative estimate of drug-likeness (QED) is 0.280. The predicted octanol–water partition coefficient (Wildman–Crippen LogP) is 5.08. The summed E-state index contributed by atoms with van der Waals surface area (Å²) < 4.78 is 21.7. The summed E-state index contributed by atoms with van der Waals surface area (Å²) in [5, 5.41) is 14.9. The Morgan fingerprint density at radius 3 is 2.53 bits per heavy atom. The van der Waals surface area contributed by atoms with Crippen molar-refractivity contribution in [3.63, 3.8) is 0 Å². The molecule has 0 spiro atoms. The first-order chi connectivity index (χ1) is 16.2. The van der Waals surface area contributed by atoms with Gasteiger partial charge >= 0.3 is 11.9 Å². The van der Waals surface area contributed by atoms with Crippen LogP contribution in [0.2, 0.25) is 0 Å². The molecule has 0 bridgehead atoms. The van der Waals surface area contributed by atoms with Gasteiger partial charge in [-0.2, -0.15) is 4.98 Å². The van der Waals surface area contributed by atoms with E-state index in [4.69, 9.17) is 9.84 Å². The number of hydrogen-bond acceptors (Lipinski definition) is 9. The molecule has 0 aliphatic carbocycles. The van der Waals surface area contributed by atoms with E-state index in [1.807, 2.05) is 41.9 Å². The highest BCUT2D eigenvalue weighted by molar-refractivity contribution is 7.99. The molecule has 0 amide bonds. The number of anilines is 5. The molecule has 178 valence electrons.